The maximum absolute atomic E-state index is 12.9. The number of piperazine rings is 1. The van der Waals surface area contributed by atoms with Gasteiger partial charge in [0.05, 0.1) is 36.0 Å². The van der Waals surface area contributed by atoms with Crippen LogP contribution in [0.1, 0.15) is 25.3 Å². The summed E-state index contributed by atoms with van der Waals surface area (Å²) in [5, 5.41) is 14.0. The molecule has 2 N–H and O–H groups in total. The number of amides is 1. The molecule has 1 aliphatic heterocycles. The second-order valence-corrected chi connectivity index (χ2v) is 10.4. The SMILES string of the molecule is CC(C)c1ccc(S(=O)(=O)N2CC[NH+](CC(=O)Nc3cc(Cl)ccc3[N+](=O)[O-])CC2)cc1. The largest absolute Gasteiger partial charge is 0.325 e. The number of halogens is 1. The van der Waals surface area contributed by atoms with Crippen molar-refractivity contribution in [1.29, 1.82) is 0 Å². The van der Waals surface area contributed by atoms with Crippen molar-refractivity contribution in [3.05, 3.63) is 63.2 Å². The number of carbonyl (C=O) groups is 1. The Morgan fingerprint density at radius 3 is 2.38 bits per heavy atom. The highest BCUT2D eigenvalue weighted by molar-refractivity contribution is 7.89. The van der Waals surface area contributed by atoms with E-state index in [4.69, 9.17) is 11.6 Å². The van der Waals surface area contributed by atoms with Crippen LogP contribution in [0.3, 0.4) is 0 Å². The zero-order valence-corrected chi connectivity index (χ0v) is 19.4. The van der Waals surface area contributed by atoms with E-state index in [9.17, 15) is 23.3 Å². The maximum Gasteiger partial charge on any atom is 0.292 e. The Hall–Kier alpha value is -2.53. The molecule has 1 amide bonds. The van der Waals surface area contributed by atoms with Gasteiger partial charge in [0, 0.05) is 11.1 Å². The van der Waals surface area contributed by atoms with Gasteiger partial charge in [-0.05, 0) is 35.7 Å². The fourth-order valence-electron chi connectivity index (χ4n) is 3.58. The molecule has 172 valence electrons. The van der Waals surface area contributed by atoms with Gasteiger partial charge in [-0.25, -0.2) is 8.42 Å². The molecule has 2 aromatic carbocycles. The van der Waals surface area contributed by atoms with Crippen LogP contribution < -0.4 is 10.2 Å². The first-order chi connectivity index (χ1) is 15.1. The molecule has 2 aromatic rings. The van der Waals surface area contributed by atoms with Crippen molar-refractivity contribution < 1.29 is 23.0 Å². The first-order valence-corrected chi connectivity index (χ1v) is 12.1. The predicted octanol–water partition coefficient (Wildman–Crippen LogP) is 1.90. The Balaban J connectivity index is 1.58. The number of benzene rings is 2. The van der Waals surface area contributed by atoms with Gasteiger partial charge in [-0.2, -0.15) is 4.31 Å². The third-order valence-corrected chi connectivity index (χ3v) is 7.60. The molecule has 1 fully saturated rings. The van der Waals surface area contributed by atoms with E-state index in [1.165, 1.54) is 22.5 Å². The molecular weight excluding hydrogens is 456 g/mol. The number of hydrogen-bond donors (Lipinski definition) is 2. The third kappa shape index (κ3) is 5.63. The summed E-state index contributed by atoms with van der Waals surface area (Å²) >= 11 is 5.89. The molecule has 0 radical (unpaired) electrons. The highest BCUT2D eigenvalue weighted by Crippen LogP contribution is 2.27. The first kappa shape index (κ1) is 24.1. The summed E-state index contributed by atoms with van der Waals surface area (Å²) < 4.78 is 27.3. The van der Waals surface area contributed by atoms with Crippen molar-refractivity contribution in [2.45, 2.75) is 24.7 Å². The van der Waals surface area contributed by atoms with Crippen molar-refractivity contribution in [2.75, 3.05) is 38.0 Å². The van der Waals surface area contributed by atoms with Gasteiger partial charge in [0.2, 0.25) is 10.0 Å². The minimum atomic E-state index is -3.60. The van der Waals surface area contributed by atoms with Crippen LogP contribution in [0.2, 0.25) is 5.02 Å². The van der Waals surface area contributed by atoms with E-state index in [2.05, 4.69) is 5.32 Å². The summed E-state index contributed by atoms with van der Waals surface area (Å²) in [6, 6.07) is 10.9. The number of sulfonamides is 1. The molecule has 0 aromatic heterocycles. The van der Waals surface area contributed by atoms with Crippen molar-refractivity contribution in [1.82, 2.24) is 4.31 Å². The molecule has 0 saturated carbocycles. The van der Waals surface area contributed by atoms with E-state index in [1.807, 2.05) is 26.0 Å². The molecule has 0 unspecified atom stereocenters. The van der Waals surface area contributed by atoms with Gasteiger partial charge >= 0.3 is 0 Å². The zero-order chi connectivity index (χ0) is 23.5. The van der Waals surface area contributed by atoms with Gasteiger partial charge in [-0.3, -0.25) is 14.9 Å². The number of nitro groups is 1. The number of nitrogens with zero attached hydrogens (tertiary/aromatic N) is 2. The molecule has 1 saturated heterocycles. The third-order valence-electron chi connectivity index (χ3n) is 5.45. The molecule has 32 heavy (non-hydrogen) atoms. The molecule has 0 aliphatic carbocycles. The summed E-state index contributed by atoms with van der Waals surface area (Å²) in [5.74, 6) is -0.0793. The lowest BCUT2D eigenvalue weighted by Crippen LogP contribution is -3.15. The van der Waals surface area contributed by atoms with Crippen molar-refractivity contribution in [3.63, 3.8) is 0 Å². The molecular formula is C21H26ClN4O5S+. The van der Waals surface area contributed by atoms with Crippen LogP contribution in [0.25, 0.3) is 0 Å². The highest BCUT2D eigenvalue weighted by Gasteiger charge is 2.31. The standard InChI is InChI=1S/C21H25ClN4O5S/c1-15(2)16-3-6-18(7-4-16)32(30,31)25-11-9-24(10-12-25)14-21(27)23-19-13-17(22)5-8-20(19)26(28)29/h3-8,13,15H,9-12,14H2,1-2H3,(H,23,27)/p+1. The fourth-order valence-corrected chi connectivity index (χ4v) is 5.20. The molecule has 1 heterocycles. The number of quaternary nitrogens is 1. The number of nitro benzene ring substituents is 1. The predicted molar refractivity (Wildman–Crippen MR) is 122 cm³/mol. The Bertz CT molecular complexity index is 1100. The Morgan fingerprint density at radius 1 is 1.19 bits per heavy atom. The van der Waals surface area contributed by atoms with Gasteiger partial charge in [0.1, 0.15) is 5.69 Å². The van der Waals surface area contributed by atoms with Crippen LogP contribution in [-0.2, 0) is 14.8 Å². The van der Waals surface area contributed by atoms with E-state index in [1.54, 1.807) is 12.1 Å². The zero-order valence-electron chi connectivity index (χ0n) is 17.9. The lowest BCUT2D eigenvalue weighted by molar-refractivity contribution is -0.895. The fraction of sp³-hybridized carbons (Fsp3) is 0.381. The summed E-state index contributed by atoms with van der Waals surface area (Å²) in [7, 11) is -3.60. The molecule has 9 nitrogen and oxygen atoms in total. The van der Waals surface area contributed by atoms with Crippen LogP contribution in [0.5, 0.6) is 0 Å². The van der Waals surface area contributed by atoms with Gasteiger partial charge in [-0.1, -0.05) is 37.6 Å². The quantitative estimate of drug-likeness (QED) is 0.463. The van der Waals surface area contributed by atoms with Gasteiger partial charge in [0.15, 0.2) is 6.54 Å². The number of hydrogen-bond acceptors (Lipinski definition) is 5. The average molecular weight is 482 g/mol. The normalized spacial score (nSPS) is 15.6. The van der Waals surface area contributed by atoms with Crippen molar-refractivity contribution in [3.8, 4) is 0 Å². The summed E-state index contributed by atoms with van der Waals surface area (Å²) in [4.78, 5) is 24.1. The van der Waals surface area contributed by atoms with Crippen LogP contribution >= 0.6 is 11.6 Å². The summed E-state index contributed by atoms with van der Waals surface area (Å²) in [6.45, 7) is 5.64. The summed E-state index contributed by atoms with van der Waals surface area (Å²) in [6.07, 6.45) is 0. The average Bonchev–Trinajstić information content (AvgIpc) is 2.74. The Labute approximate surface area is 192 Å². The smallest absolute Gasteiger partial charge is 0.292 e. The van der Waals surface area contributed by atoms with Gasteiger partial charge in [-0.15, -0.1) is 0 Å². The van der Waals surface area contributed by atoms with Gasteiger partial charge in [0.25, 0.3) is 11.6 Å². The van der Waals surface area contributed by atoms with E-state index in [-0.39, 0.29) is 40.9 Å². The number of carbonyl (C=O) groups excluding carboxylic acids is 1. The lowest BCUT2D eigenvalue weighted by Gasteiger charge is -2.31. The van der Waals surface area contributed by atoms with E-state index in [0.29, 0.717) is 19.0 Å². The Kier molecular flexibility index (Phi) is 7.50. The maximum atomic E-state index is 12.9. The summed E-state index contributed by atoms with van der Waals surface area (Å²) in [5.41, 5.74) is 0.874. The number of anilines is 1. The van der Waals surface area contributed by atoms with Crippen LogP contribution in [-0.4, -0.2) is 56.3 Å². The van der Waals surface area contributed by atoms with Crippen molar-refractivity contribution in [2.24, 2.45) is 0 Å². The molecule has 3 rings (SSSR count). The Morgan fingerprint density at radius 2 is 1.81 bits per heavy atom. The van der Waals surface area contributed by atoms with E-state index >= 15 is 0 Å². The number of nitrogens with one attached hydrogen (secondary N) is 2. The second-order valence-electron chi connectivity index (χ2n) is 8.02. The monoisotopic (exact) mass is 481 g/mol. The molecule has 0 bridgehead atoms. The van der Waals surface area contributed by atoms with Crippen LogP contribution in [0.4, 0.5) is 11.4 Å². The van der Waals surface area contributed by atoms with Crippen LogP contribution in [0, 0.1) is 10.1 Å². The van der Waals surface area contributed by atoms with E-state index in [0.717, 1.165) is 10.5 Å². The van der Waals surface area contributed by atoms with Crippen molar-refractivity contribution >= 4 is 38.9 Å². The molecule has 11 heteroatoms. The van der Waals surface area contributed by atoms with E-state index < -0.39 is 20.9 Å². The lowest BCUT2D eigenvalue weighted by atomic mass is 10.0. The number of rotatable bonds is 7. The minimum absolute atomic E-state index is 0.0398. The molecule has 0 spiro atoms. The minimum Gasteiger partial charge on any atom is -0.325 e. The van der Waals surface area contributed by atoms with Gasteiger partial charge < -0.3 is 10.2 Å². The first-order valence-electron chi connectivity index (χ1n) is 10.3. The topological polar surface area (TPSA) is 114 Å². The second kappa shape index (κ2) is 9.95. The molecule has 0 atom stereocenters. The highest BCUT2D eigenvalue weighted by atomic mass is 35.5. The van der Waals surface area contributed by atoms with Crippen LogP contribution in [0.15, 0.2) is 47.4 Å². The molecule has 1 aliphatic rings.